The van der Waals surface area contributed by atoms with Gasteiger partial charge in [-0.3, -0.25) is 4.90 Å². The number of hydrogen-bond donors (Lipinski definition) is 0. The second kappa shape index (κ2) is 13.7. The summed E-state index contributed by atoms with van der Waals surface area (Å²) in [5.74, 6) is -7.15. The number of benzene rings is 6. The van der Waals surface area contributed by atoms with Gasteiger partial charge in [0.1, 0.15) is 0 Å². The Labute approximate surface area is 282 Å². The normalized spacial score (nSPS) is 13.0. The highest BCUT2D eigenvalue weighted by atomic mass is 19.2. The van der Waals surface area contributed by atoms with Crippen molar-refractivity contribution >= 4 is 21.5 Å². The van der Waals surface area contributed by atoms with Crippen LogP contribution in [-0.4, -0.2) is 11.4 Å². The SMILES string of the molecule is CC(C)C.CC(C)CN1Cc2c(-c3cc(F)c(F)c(F)c3)cc3ccccc3c2-c2c(c(-c3cc(F)c(F)c(F)c3)cc3ccccc23)C1. The van der Waals surface area contributed by atoms with Crippen LogP contribution in [0, 0.1) is 46.7 Å². The molecular weight excluding hydrogens is 632 g/mol. The topological polar surface area (TPSA) is 3.24 Å². The second-order valence-electron chi connectivity index (χ2n) is 13.8. The van der Waals surface area contributed by atoms with Crippen molar-refractivity contribution in [3.8, 4) is 33.4 Å². The highest BCUT2D eigenvalue weighted by Crippen LogP contribution is 2.48. The van der Waals surface area contributed by atoms with Gasteiger partial charge < -0.3 is 0 Å². The average Bonchev–Trinajstić information content (AvgIpc) is 3.21. The number of hydrogen-bond acceptors (Lipinski definition) is 1. The molecule has 252 valence electrons. The van der Waals surface area contributed by atoms with Crippen LogP contribution in [0.3, 0.4) is 0 Å². The summed E-state index contributed by atoms with van der Waals surface area (Å²) in [6.07, 6.45) is 0. The van der Waals surface area contributed by atoms with Crippen LogP contribution >= 0.6 is 0 Å². The third-order valence-corrected chi connectivity index (χ3v) is 8.54. The second-order valence-corrected chi connectivity index (χ2v) is 13.8. The lowest BCUT2D eigenvalue weighted by Gasteiger charge is -2.25. The standard InChI is InChI=1S/C38H27F6N.C4H10/c1-20(2)17-45-18-29-27(23-13-31(39)37(43)32(40)14-23)11-21-7-3-5-9-25(21)35(29)36-26-10-6-4-8-22(26)12-28(30(36)19-45)24-15-33(41)38(44)34(42)16-24;1-4(2)3/h3-16,20H,17-19H2,1-2H3;4H,1-3H3. The Hall–Kier alpha value is -4.62. The fourth-order valence-corrected chi connectivity index (χ4v) is 6.77. The highest BCUT2D eigenvalue weighted by Gasteiger charge is 2.29. The van der Waals surface area contributed by atoms with E-state index in [9.17, 15) is 26.3 Å². The van der Waals surface area contributed by atoms with E-state index in [0.29, 0.717) is 30.8 Å². The Kier molecular flexibility index (Phi) is 9.58. The molecule has 1 heterocycles. The van der Waals surface area contributed by atoms with Crippen molar-refractivity contribution in [2.45, 2.75) is 47.7 Å². The van der Waals surface area contributed by atoms with E-state index < -0.39 is 34.9 Å². The number of nitrogens with zero attached hydrogens (tertiary/aromatic N) is 1. The van der Waals surface area contributed by atoms with Gasteiger partial charge in [0.05, 0.1) is 0 Å². The lowest BCUT2D eigenvalue weighted by atomic mass is 9.82. The Bertz CT molecular complexity index is 2010. The first-order valence-electron chi connectivity index (χ1n) is 16.5. The molecule has 0 unspecified atom stereocenters. The third-order valence-electron chi connectivity index (χ3n) is 8.54. The van der Waals surface area contributed by atoms with E-state index in [1.165, 1.54) is 0 Å². The molecule has 0 aromatic heterocycles. The first-order valence-corrected chi connectivity index (χ1v) is 16.5. The van der Waals surface area contributed by atoms with Gasteiger partial charge in [0.15, 0.2) is 34.9 Å². The molecule has 0 fully saturated rings. The zero-order chi connectivity index (χ0) is 35.1. The van der Waals surface area contributed by atoms with Gasteiger partial charge >= 0.3 is 0 Å². The van der Waals surface area contributed by atoms with Crippen molar-refractivity contribution < 1.29 is 26.3 Å². The minimum absolute atomic E-state index is 0.199. The molecule has 0 amide bonds. The van der Waals surface area contributed by atoms with Gasteiger partial charge in [-0.25, -0.2) is 26.3 Å². The molecule has 1 nitrogen and oxygen atoms in total. The first-order chi connectivity index (χ1) is 23.3. The molecule has 0 radical (unpaired) electrons. The molecule has 7 rings (SSSR count). The lowest BCUT2D eigenvalue weighted by molar-refractivity contribution is 0.231. The van der Waals surface area contributed by atoms with Crippen molar-refractivity contribution in [1.29, 1.82) is 0 Å². The van der Waals surface area contributed by atoms with Gasteiger partial charge in [-0.2, -0.15) is 0 Å². The van der Waals surface area contributed by atoms with Crippen LogP contribution in [0.25, 0.3) is 54.9 Å². The minimum atomic E-state index is -1.54. The zero-order valence-electron chi connectivity index (χ0n) is 28.1. The summed E-state index contributed by atoms with van der Waals surface area (Å²) in [5.41, 5.74) is 4.71. The van der Waals surface area contributed by atoms with Crippen molar-refractivity contribution in [1.82, 2.24) is 4.90 Å². The predicted octanol–water partition coefficient (Wildman–Crippen LogP) is 12.5. The molecule has 0 bridgehead atoms. The monoisotopic (exact) mass is 669 g/mol. The fraction of sp³-hybridized carbons (Fsp3) is 0.238. The molecule has 0 spiro atoms. The maximum atomic E-state index is 14.7. The smallest absolute Gasteiger partial charge is 0.194 e. The molecule has 1 aliphatic heterocycles. The molecule has 0 saturated carbocycles. The Morgan fingerprint density at radius 1 is 0.531 bits per heavy atom. The summed E-state index contributed by atoms with van der Waals surface area (Å²) >= 11 is 0. The van der Waals surface area contributed by atoms with Gasteiger partial charge in [-0.05, 0) is 114 Å². The van der Waals surface area contributed by atoms with E-state index >= 15 is 0 Å². The average molecular weight is 670 g/mol. The van der Waals surface area contributed by atoms with Gasteiger partial charge in [0, 0.05) is 19.6 Å². The fourth-order valence-electron chi connectivity index (χ4n) is 6.77. The maximum Gasteiger partial charge on any atom is 0.194 e. The lowest BCUT2D eigenvalue weighted by Crippen LogP contribution is -2.26. The summed E-state index contributed by atoms with van der Waals surface area (Å²) in [4.78, 5) is 2.19. The number of halogens is 6. The van der Waals surface area contributed by atoms with Gasteiger partial charge in [0.2, 0.25) is 0 Å². The minimum Gasteiger partial charge on any atom is -0.294 e. The van der Waals surface area contributed by atoms with Crippen LogP contribution in [-0.2, 0) is 13.1 Å². The van der Waals surface area contributed by atoms with Crippen molar-refractivity contribution in [2.24, 2.45) is 11.8 Å². The van der Waals surface area contributed by atoms with E-state index in [4.69, 9.17) is 0 Å². The Morgan fingerprint density at radius 2 is 0.878 bits per heavy atom. The summed E-state index contributed by atoms with van der Waals surface area (Å²) in [5, 5.41) is 3.36. The molecule has 6 aromatic carbocycles. The first kappa shape index (κ1) is 34.3. The molecule has 49 heavy (non-hydrogen) atoms. The maximum absolute atomic E-state index is 14.7. The third kappa shape index (κ3) is 6.69. The highest BCUT2D eigenvalue weighted by molar-refractivity contribution is 6.12. The van der Waals surface area contributed by atoms with Crippen molar-refractivity contribution in [3.63, 3.8) is 0 Å². The Balaban J connectivity index is 0.000000989. The van der Waals surface area contributed by atoms with Crippen molar-refractivity contribution in [2.75, 3.05) is 6.54 Å². The summed E-state index contributed by atoms with van der Waals surface area (Å²) < 4.78 is 86.9. The quantitative estimate of drug-likeness (QED) is 0.133. The molecule has 6 aromatic rings. The summed E-state index contributed by atoms with van der Waals surface area (Å²) in [6.45, 7) is 12.0. The summed E-state index contributed by atoms with van der Waals surface area (Å²) in [7, 11) is 0. The zero-order valence-corrected chi connectivity index (χ0v) is 28.1. The van der Waals surface area contributed by atoms with Gasteiger partial charge in [-0.1, -0.05) is 83.1 Å². The van der Waals surface area contributed by atoms with Crippen LogP contribution < -0.4 is 0 Å². The summed E-state index contributed by atoms with van der Waals surface area (Å²) in [6, 6.07) is 23.1. The van der Waals surface area contributed by atoms with E-state index in [1.54, 1.807) is 0 Å². The van der Waals surface area contributed by atoms with E-state index in [1.807, 2.05) is 60.7 Å². The molecule has 7 heteroatoms. The van der Waals surface area contributed by atoms with Crippen molar-refractivity contribution in [3.05, 3.63) is 131 Å². The van der Waals surface area contributed by atoms with Crippen LogP contribution in [0.5, 0.6) is 0 Å². The van der Waals surface area contributed by atoms with Gasteiger partial charge in [0.25, 0.3) is 0 Å². The molecular formula is C42H37F6N. The number of rotatable bonds is 4. The predicted molar refractivity (Wildman–Crippen MR) is 187 cm³/mol. The molecule has 0 saturated heterocycles. The van der Waals surface area contributed by atoms with Crippen LogP contribution in [0.4, 0.5) is 26.3 Å². The molecule has 0 atom stereocenters. The van der Waals surface area contributed by atoms with E-state index in [-0.39, 0.29) is 17.0 Å². The van der Waals surface area contributed by atoms with E-state index in [0.717, 1.165) is 74.0 Å². The largest absolute Gasteiger partial charge is 0.294 e. The van der Waals surface area contributed by atoms with Gasteiger partial charge in [-0.15, -0.1) is 0 Å². The molecule has 0 N–H and O–H groups in total. The van der Waals surface area contributed by atoms with Crippen LogP contribution in [0.2, 0.25) is 0 Å². The van der Waals surface area contributed by atoms with E-state index in [2.05, 4.69) is 39.5 Å². The number of fused-ring (bicyclic) bond motifs is 7. The van der Waals surface area contributed by atoms with Crippen LogP contribution in [0.1, 0.15) is 45.7 Å². The molecule has 1 aliphatic rings. The Morgan fingerprint density at radius 3 is 1.22 bits per heavy atom. The van der Waals surface area contributed by atoms with Crippen LogP contribution in [0.15, 0.2) is 84.9 Å². The molecule has 0 aliphatic carbocycles.